The van der Waals surface area contributed by atoms with Crippen LogP contribution in [0, 0.1) is 11.8 Å². The molecule has 0 saturated heterocycles. The van der Waals surface area contributed by atoms with Crippen molar-refractivity contribution in [3.8, 4) is 0 Å². The first-order valence-corrected chi connectivity index (χ1v) is 8.56. The van der Waals surface area contributed by atoms with Gasteiger partial charge in [0.05, 0.1) is 4.90 Å². The maximum Gasteiger partial charge on any atom is 0.238 e. The van der Waals surface area contributed by atoms with Crippen molar-refractivity contribution >= 4 is 21.4 Å². The van der Waals surface area contributed by atoms with Gasteiger partial charge >= 0.3 is 0 Å². The largest absolute Gasteiger partial charge is 0.399 e. The molecule has 112 valence electrons. The molecular weight excluding hydrogens is 274 g/mol. The van der Waals surface area contributed by atoms with Crippen LogP contribution in [-0.4, -0.2) is 15.0 Å². The van der Waals surface area contributed by atoms with Crippen LogP contribution in [0.25, 0.3) is 0 Å². The normalized spacial score (nSPS) is 23.5. The Morgan fingerprint density at radius 2 is 2.05 bits per heavy atom. The summed E-state index contributed by atoms with van der Waals surface area (Å²) in [4.78, 5) is 0.0528. The lowest BCUT2D eigenvalue weighted by Gasteiger charge is -2.27. The molecule has 6 heteroatoms. The van der Waals surface area contributed by atoms with Crippen molar-refractivity contribution < 1.29 is 8.42 Å². The average Bonchev–Trinajstić information content (AvgIpc) is 2.35. The molecule has 1 aliphatic rings. The molecule has 2 rings (SSSR count). The highest BCUT2D eigenvalue weighted by Crippen LogP contribution is 2.29. The summed E-state index contributed by atoms with van der Waals surface area (Å²) in [6.45, 7) is 3.13. The number of nitrogens with two attached hydrogens (primary N) is 2. The van der Waals surface area contributed by atoms with Crippen LogP contribution in [0.15, 0.2) is 23.1 Å². The first-order chi connectivity index (χ1) is 9.34. The number of sulfonamides is 1. The third-order valence-corrected chi connectivity index (χ3v) is 4.79. The number of primary sulfonamides is 1. The Balaban J connectivity index is 2.04. The minimum Gasteiger partial charge on any atom is -0.399 e. The van der Waals surface area contributed by atoms with E-state index in [4.69, 9.17) is 10.9 Å². The summed E-state index contributed by atoms with van der Waals surface area (Å²) in [5, 5.41) is 8.43. The van der Waals surface area contributed by atoms with Crippen molar-refractivity contribution in [2.24, 2.45) is 17.0 Å². The van der Waals surface area contributed by atoms with Gasteiger partial charge in [-0.25, -0.2) is 13.6 Å². The SMILES string of the molecule is CC1CCCC(CNc2cc(N)cc(S(N)(=O)=O)c2)C1. The molecule has 0 heterocycles. The van der Waals surface area contributed by atoms with Crippen LogP contribution in [0.2, 0.25) is 0 Å². The molecule has 20 heavy (non-hydrogen) atoms. The van der Waals surface area contributed by atoms with E-state index < -0.39 is 10.0 Å². The molecule has 1 fully saturated rings. The van der Waals surface area contributed by atoms with Gasteiger partial charge in [-0.2, -0.15) is 0 Å². The molecule has 5 nitrogen and oxygen atoms in total. The van der Waals surface area contributed by atoms with Crippen LogP contribution < -0.4 is 16.2 Å². The van der Waals surface area contributed by atoms with Crippen molar-refractivity contribution in [2.75, 3.05) is 17.6 Å². The minimum absolute atomic E-state index is 0.0528. The quantitative estimate of drug-likeness (QED) is 0.742. The van der Waals surface area contributed by atoms with E-state index in [0.717, 1.165) is 12.5 Å². The number of rotatable bonds is 4. The summed E-state index contributed by atoms with van der Waals surface area (Å²) < 4.78 is 22.8. The van der Waals surface area contributed by atoms with Gasteiger partial charge in [-0.3, -0.25) is 0 Å². The van der Waals surface area contributed by atoms with E-state index in [1.165, 1.54) is 37.8 Å². The molecule has 2 unspecified atom stereocenters. The lowest BCUT2D eigenvalue weighted by Crippen LogP contribution is -2.21. The first kappa shape index (κ1) is 15.1. The molecule has 1 saturated carbocycles. The summed E-state index contributed by atoms with van der Waals surface area (Å²) in [6.07, 6.45) is 5.02. The number of nitrogen functional groups attached to an aromatic ring is 1. The van der Waals surface area contributed by atoms with Crippen molar-refractivity contribution in [2.45, 2.75) is 37.5 Å². The number of nitrogens with one attached hydrogen (secondary N) is 1. The third-order valence-electron chi connectivity index (χ3n) is 3.90. The van der Waals surface area contributed by atoms with Gasteiger partial charge in [0.25, 0.3) is 0 Å². The lowest BCUT2D eigenvalue weighted by molar-refractivity contribution is 0.293. The standard InChI is InChI=1S/C14H23N3O2S/c1-10-3-2-4-11(5-10)9-17-13-6-12(15)7-14(8-13)20(16,18)19/h6-8,10-11,17H,2-5,9,15H2,1H3,(H2,16,18,19). The summed E-state index contributed by atoms with van der Waals surface area (Å²) >= 11 is 0. The zero-order chi connectivity index (χ0) is 14.8. The van der Waals surface area contributed by atoms with Crippen LogP contribution in [0.5, 0.6) is 0 Å². The lowest BCUT2D eigenvalue weighted by atomic mass is 9.82. The Morgan fingerprint density at radius 1 is 1.30 bits per heavy atom. The Bertz CT molecular complexity index is 572. The summed E-state index contributed by atoms with van der Waals surface area (Å²) in [6, 6.07) is 4.65. The second-order valence-electron chi connectivity index (χ2n) is 5.85. The molecule has 0 amide bonds. The third kappa shape index (κ3) is 4.11. The van der Waals surface area contributed by atoms with Gasteiger partial charge in [0.15, 0.2) is 0 Å². The molecule has 1 aromatic carbocycles. The van der Waals surface area contributed by atoms with Gasteiger partial charge in [-0.1, -0.05) is 19.8 Å². The zero-order valence-electron chi connectivity index (χ0n) is 11.8. The molecule has 2 atom stereocenters. The predicted molar refractivity (Wildman–Crippen MR) is 81.8 cm³/mol. The Hall–Kier alpha value is -1.27. The van der Waals surface area contributed by atoms with Crippen LogP contribution in [-0.2, 0) is 10.0 Å². The molecule has 5 N–H and O–H groups in total. The first-order valence-electron chi connectivity index (χ1n) is 7.02. The number of hydrogen-bond donors (Lipinski definition) is 3. The van der Waals surface area contributed by atoms with Gasteiger partial charge in [0.2, 0.25) is 10.0 Å². The summed E-state index contributed by atoms with van der Waals surface area (Å²) in [5.74, 6) is 1.41. The highest BCUT2D eigenvalue weighted by Gasteiger charge is 2.18. The zero-order valence-corrected chi connectivity index (χ0v) is 12.6. The minimum atomic E-state index is -3.72. The molecule has 0 aliphatic heterocycles. The highest BCUT2D eigenvalue weighted by atomic mass is 32.2. The topological polar surface area (TPSA) is 98.2 Å². The van der Waals surface area contributed by atoms with Crippen LogP contribution in [0.3, 0.4) is 0 Å². The van der Waals surface area contributed by atoms with Crippen molar-refractivity contribution in [1.82, 2.24) is 0 Å². The van der Waals surface area contributed by atoms with E-state index in [9.17, 15) is 8.42 Å². The molecule has 0 spiro atoms. The maximum atomic E-state index is 11.4. The summed E-state index contributed by atoms with van der Waals surface area (Å²) in [5.41, 5.74) is 6.84. The van der Waals surface area contributed by atoms with Crippen molar-refractivity contribution in [3.05, 3.63) is 18.2 Å². The highest BCUT2D eigenvalue weighted by molar-refractivity contribution is 7.89. The number of benzene rings is 1. The van der Waals surface area contributed by atoms with E-state index in [0.29, 0.717) is 17.3 Å². The summed E-state index contributed by atoms with van der Waals surface area (Å²) in [7, 11) is -3.72. The number of anilines is 2. The average molecular weight is 297 g/mol. The molecule has 1 aliphatic carbocycles. The maximum absolute atomic E-state index is 11.4. The second kappa shape index (κ2) is 6.01. The van der Waals surface area contributed by atoms with E-state index >= 15 is 0 Å². The van der Waals surface area contributed by atoms with Gasteiger partial charge < -0.3 is 11.1 Å². The number of hydrogen-bond acceptors (Lipinski definition) is 4. The monoisotopic (exact) mass is 297 g/mol. The van der Waals surface area contributed by atoms with Gasteiger partial charge in [-0.05, 0) is 42.9 Å². The molecule has 0 aromatic heterocycles. The second-order valence-corrected chi connectivity index (χ2v) is 7.42. The molecule has 1 aromatic rings. The van der Waals surface area contributed by atoms with E-state index in [1.807, 2.05) is 0 Å². The molecular formula is C14H23N3O2S. The Morgan fingerprint density at radius 3 is 2.70 bits per heavy atom. The van der Waals surface area contributed by atoms with E-state index in [1.54, 1.807) is 6.07 Å². The van der Waals surface area contributed by atoms with Crippen molar-refractivity contribution in [1.29, 1.82) is 0 Å². The predicted octanol–water partition coefficient (Wildman–Crippen LogP) is 2.15. The van der Waals surface area contributed by atoms with Gasteiger partial charge in [-0.15, -0.1) is 0 Å². The van der Waals surface area contributed by atoms with Crippen molar-refractivity contribution in [3.63, 3.8) is 0 Å². The fourth-order valence-corrected chi connectivity index (χ4v) is 3.49. The van der Waals surface area contributed by atoms with E-state index in [-0.39, 0.29) is 4.90 Å². The van der Waals surface area contributed by atoms with Crippen LogP contribution in [0.1, 0.15) is 32.6 Å². The van der Waals surface area contributed by atoms with Gasteiger partial charge in [0.1, 0.15) is 0 Å². The van der Waals surface area contributed by atoms with Crippen LogP contribution in [0.4, 0.5) is 11.4 Å². The molecule has 0 bridgehead atoms. The van der Waals surface area contributed by atoms with E-state index in [2.05, 4.69) is 12.2 Å². The smallest absolute Gasteiger partial charge is 0.238 e. The molecule has 0 radical (unpaired) electrons. The fourth-order valence-electron chi connectivity index (χ4n) is 2.90. The Labute approximate surface area is 120 Å². The van der Waals surface area contributed by atoms with Gasteiger partial charge in [0, 0.05) is 17.9 Å². The van der Waals surface area contributed by atoms with Crippen LogP contribution >= 0.6 is 0 Å². The Kier molecular flexibility index (Phi) is 4.55. The fraction of sp³-hybridized carbons (Fsp3) is 0.571.